The largest absolute Gasteiger partial charge is 0.398 e. The zero-order valence-corrected chi connectivity index (χ0v) is 15.7. The van der Waals surface area contributed by atoms with Crippen molar-refractivity contribution in [2.75, 3.05) is 31.9 Å². The first-order valence-electron chi connectivity index (χ1n) is 9.19. The number of hydrogen-bond acceptors (Lipinski definition) is 4. The van der Waals surface area contributed by atoms with Gasteiger partial charge in [-0.05, 0) is 44.1 Å². The number of halogens is 1. The summed E-state index contributed by atoms with van der Waals surface area (Å²) in [6.45, 7) is 4.06. The van der Waals surface area contributed by atoms with Gasteiger partial charge in [-0.3, -0.25) is 9.89 Å². The minimum absolute atomic E-state index is 0.0864. The molecule has 7 heteroatoms. The van der Waals surface area contributed by atoms with Crippen LogP contribution in [0.15, 0.2) is 30.5 Å². The zero-order chi connectivity index (χ0) is 18.4. The fourth-order valence-corrected chi connectivity index (χ4v) is 3.59. The summed E-state index contributed by atoms with van der Waals surface area (Å²) in [5.41, 5.74) is 7.97. The van der Waals surface area contributed by atoms with Gasteiger partial charge in [0.05, 0.1) is 0 Å². The van der Waals surface area contributed by atoms with Crippen LogP contribution in [0.2, 0.25) is 5.02 Å². The van der Waals surface area contributed by atoms with E-state index in [-0.39, 0.29) is 5.91 Å². The van der Waals surface area contributed by atoms with Gasteiger partial charge in [-0.25, -0.2) is 0 Å². The molecule has 140 valence electrons. The van der Waals surface area contributed by atoms with Gasteiger partial charge in [0.15, 0.2) is 0 Å². The highest BCUT2D eigenvalue weighted by Gasteiger charge is 2.21. The van der Waals surface area contributed by atoms with Gasteiger partial charge in [0.1, 0.15) is 5.69 Å². The van der Waals surface area contributed by atoms with Crippen molar-refractivity contribution in [2.24, 2.45) is 0 Å². The number of carbonyl (C=O) groups is 1. The molecule has 1 fully saturated rings. The van der Waals surface area contributed by atoms with Crippen LogP contribution in [0.1, 0.15) is 41.7 Å². The third kappa shape index (κ3) is 4.77. The molecule has 1 aromatic heterocycles. The summed E-state index contributed by atoms with van der Waals surface area (Å²) >= 11 is 6.33. The molecule has 3 rings (SSSR count). The van der Waals surface area contributed by atoms with Crippen molar-refractivity contribution in [1.29, 1.82) is 0 Å². The van der Waals surface area contributed by atoms with Crippen LogP contribution in [0.5, 0.6) is 0 Å². The zero-order valence-electron chi connectivity index (χ0n) is 15.0. The Bertz CT molecular complexity index is 690. The molecule has 3 N–H and O–H groups in total. The number of carbonyl (C=O) groups excluding carboxylic acids is 1. The van der Waals surface area contributed by atoms with Crippen LogP contribution < -0.4 is 5.73 Å². The van der Waals surface area contributed by atoms with E-state index in [4.69, 9.17) is 17.3 Å². The fraction of sp³-hybridized carbons (Fsp3) is 0.474. The topological polar surface area (TPSA) is 78.2 Å². The molecule has 2 heterocycles. The van der Waals surface area contributed by atoms with Crippen LogP contribution >= 0.6 is 11.6 Å². The number of hydrogen-bond donors (Lipinski definition) is 2. The minimum atomic E-state index is -0.0864. The number of aromatic nitrogens is 2. The molecule has 6 nitrogen and oxygen atoms in total. The first-order valence-corrected chi connectivity index (χ1v) is 9.57. The molecule has 2 aromatic rings. The lowest BCUT2D eigenvalue weighted by Crippen LogP contribution is -2.39. The molecule has 1 aliphatic heterocycles. The van der Waals surface area contributed by atoms with Crippen molar-refractivity contribution in [1.82, 2.24) is 20.0 Å². The van der Waals surface area contributed by atoms with E-state index in [0.29, 0.717) is 29.5 Å². The number of likely N-dealkylation sites (tertiary alicyclic amines) is 1. The maximum absolute atomic E-state index is 12.9. The van der Waals surface area contributed by atoms with Crippen molar-refractivity contribution >= 4 is 23.2 Å². The van der Waals surface area contributed by atoms with Crippen molar-refractivity contribution in [3.63, 3.8) is 0 Å². The molecule has 1 amide bonds. The summed E-state index contributed by atoms with van der Waals surface area (Å²) in [4.78, 5) is 17.2. The number of nitrogens with one attached hydrogen (secondary N) is 1. The van der Waals surface area contributed by atoms with Crippen molar-refractivity contribution < 1.29 is 4.79 Å². The average Bonchev–Trinajstić information content (AvgIpc) is 3.05. The van der Waals surface area contributed by atoms with Crippen LogP contribution in [-0.4, -0.2) is 52.1 Å². The number of rotatable bonds is 6. The van der Waals surface area contributed by atoms with Crippen LogP contribution in [0.4, 0.5) is 5.69 Å². The summed E-state index contributed by atoms with van der Waals surface area (Å²) in [6, 6.07) is 7.13. The molecule has 1 aromatic carbocycles. The quantitative estimate of drug-likeness (QED) is 0.760. The van der Waals surface area contributed by atoms with E-state index in [1.807, 2.05) is 12.1 Å². The standard InChI is InChI=1S/C19H26ClN5O/c20-16-6-5-7-17(21)15(16)14-25(19(26)18-8-9-22-23-18)13-12-24-10-3-1-2-4-11-24/h5-9H,1-4,10-14,21H2,(H,22,23). The highest BCUT2D eigenvalue weighted by atomic mass is 35.5. The van der Waals surface area contributed by atoms with Gasteiger partial charge < -0.3 is 15.5 Å². The van der Waals surface area contributed by atoms with Crippen LogP contribution in [0.3, 0.4) is 0 Å². The number of benzene rings is 1. The molecular weight excluding hydrogens is 350 g/mol. The Labute approximate surface area is 159 Å². The van der Waals surface area contributed by atoms with E-state index < -0.39 is 0 Å². The summed E-state index contributed by atoms with van der Waals surface area (Å²) in [5, 5.41) is 7.24. The van der Waals surface area contributed by atoms with E-state index in [1.54, 1.807) is 23.2 Å². The Kier molecular flexibility index (Phi) is 6.52. The second-order valence-corrected chi connectivity index (χ2v) is 7.17. The van der Waals surface area contributed by atoms with Gasteiger partial charge in [0.25, 0.3) is 5.91 Å². The summed E-state index contributed by atoms with van der Waals surface area (Å²) in [5.74, 6) is -0.0864. The molecule has 1 aliphatic rings. The predicted octanol–water partition coefficient (Wildman–Crippen LogP) is 3.16. The molecule has 0 spiro atoms. The van der Waals surface area contributed by atoms with Crippen molar-refractivity contribution in [3.05, 3.63) is 46.7 Å². The Morgan fingerprint density at radius 1 is 1.23 bits per heavy atom. The molecule has 26 heavy (non-hydrogen) atoms. The first-order chi connectivity index (χ1) is 12.6. The Morgan fingerprint density at radius 2 is 2.00 bits per heavy atom. The maximum atomic E-state index is 12.9. The molecule has 0 bridgehead atoms. The lowest BCUT2D eigenvalue weighted by molar-refractivity contribution is 0.0717. The van der Waals surface area contributed by atoms with Gasteiger partial charge in [0, 0.05) is 42.1 Å². The smallest absolute Gasteiger partial charge is 0.272 e. The fourth-order valence-electron chi connectivity index (χ4n) is 3.35. The van der Waals surface area contributed by atoms with Crippen molar-refractivity contribution in [2.45, 2.75) is 32.2 Å². The number of anilines is 1. The summed E-state index contributed by atoms with van der Waals surface area (Å²) in [6.07, 6.45) is 6.63. The second kappa shape index (κ2) is 9.05. The Hall–Kier alpha value is -2.05. The van der Waals surface area contributed by atoms with Crippen LogP contribution in [0, 0.1) is 0 Å². The number of amides is 1. The normalized spacial score (nSPS) is 15.6. The number of nitrogens with two attached hydrogens (primary N) is 1. The van der Waals surface area contributed by atoms with Gasteiger partial charge in [-0.15, -0.1) is 0 Å². The van der Waals surface area contributed by atoms with Gasteiger partial charge >= 0.3 is 0 Å². The highest BCUT2D eigenvalue weighted by Crippen LogP contribution is 2.24. The Balaban J connectivity index is 1.74. The molecule has 0 saturated carbocycles. The van der Waals surface area contributed by atoms with Gasteiger partial charge in [-0.2, -0.15) is 5.10 Å². The highest BCUT2D eigenvalue weighted by molar-refractivity contribution is 6.31. The first kappa shape index (κ1) is 18.7. The SMILES string of the molecule is Nc1cccc(Cl)c1CN(CCN1CCCCCC1)C(=O)c1ccn[nH]1. The number of nitrogens with zero attached hydrogens (tertiary/aromatic N) is 3. The molecular formula is C19H26ClN5O. The van der Waals surface area contributed by atoms with E-state index in [1.165, 1.54) is 25.7 Å². The summed E-state index contributed by atoms with van der Waals surface area (Å²) in [7, 11) is 0. The third-order valence-electron chi connectivity index (χ3n) is 4.91. The number of nitrogen functional groups attached to an aromatic ring is 1. The Morgan fingerprint density at radius 3 is 2.65 bits per heavy atom. The molecule has 0 unspecified atom stereocenters. The van der Waals surface area contributed by atoms with E-state index in [2.05, 4.69) is 15.1 Å². The number of aromatic amines is 1. The molecule has 0 radical (unpaired) electrons. The molecule has 1 saturated heterocycles. The summed E-state index contributed by atoms with van der Waals surface area (Å²) < 4.78 is 0. The van der Waals surface area contributed by atoms with E-state index >= 15 is 0 Å². The predicted molar refractivity (Wildman–Crippen MR) is 104 cm³/mol. The van der Waals surface area contributed by atoms with E-state index in [0.717, 1.165) is 25.2 Å². The lowest BCUT2D eigenvalue weighted by atomic mass is 10.1. The second-order valence-electron chi connectivity index (χ2n) is 6.76. The lowest BCUT2D eigenvalue weighted by Gasteiger charge is -2.27. The monoisotopic (exact) mass is 375 g/mol. The van der Waals surface area contributed by atoms with E-state index in [9.17, 15) is 4.79 Å². The van der Waals surface area contributed by atoms with Gasteiger partial charge in [0.2, 0.25) is 0 Å². The minimum Gasteiger partial charge on any atom is -0.398 e. The molecule has 0 atom stereocenters. The van der Waals surface area contributed by atoms with Gasteiger partial charge in [-0.1, -0.05) is 30.5 Å². The van der Waals surface area contributed by atoms with Crippen LogP contribution in [-0.2, 0) is 6.54 Å². The third-order valence-corrected chi connectivity index (χ3v) is 5.26. The number of H-pyrrole nitrogens is 1. The average molecular weight is 376 g/mol. The molecule has 0 aliphatic carbocycles. The maximum Gasteiger partial charge on any atom is 0.272 e. The van der Waals surface area contributed by atoms with Crippen molar-refractivity contribution in [3.8, 4) is 0 Å². The van der Waals surface area contributed by atoms with Crippen LogP contribution in [0.25, 0.3) is 0 Å².